The average molecular weight is 437 g/mol. The van der Waals surface area contributed by atoms with Crippen LogP contribution in [0, 0.1) is 0 Å². The van der Waals surface area contributed by atoms with Crippen LogP contribution in [0.5, 0.6) is 11.5 Å². The van der Waals surface area contributed by atoms with Gasteiger partial charge in [-0.1, -0.05) is 60.7 Å². The Balaban J connectivity index is 1.75. The Labute approximate surface area is 187 Å². The average Bonchev–Trinajstić information content (AvgIpc) is 2.80. The van der Waals surface area contributed by atoms with Gasteiger partial charge in [0.15, 0.2) is 5.75 Å². The molecule has 2 N–H and O–H groups in total. The fraction of sp³-hybridized carbons (Fsp3) is 0.200. The normalized spacial score (nSPS) is 11.4. The molecular formula is C25H25ClN2O3. The van der Waals surface area contributed by atoms with E-state index in [0.717, 1.165) is 5.56 Å². The maximum absolute atomic E-state index is 13.1. The second kappa shape index (κ2) is 11.8. The van der Waals surface area contributed by atoms with Crippen LogP contribution in [0.1, 0.15) is 18.4 Å². The molecule has 3 aromatic rings. The zero-order valence-electron chi connectivity index (χ0n) is 17.1. The largest absolute Gasteiger partial charge is 0.455 e. The minimum Gasteiger partial charge on any atom is -0.455 e. The van der Waals surface area contributed by atoms with E-state index in [0.29, 0.717) is 35.9 Å². The molecule has 0 saturated carbocycles. The number of para-hydroxylation sites is 3. The van der Waals surface area contributed by atoms with Crippen molar-refractivity contribution in [2.45, 2.75) is 25.3 Å². The molecule has 1 unspecified atom stereocenters. The summed E-state index contributed by atoms with van der Waals surface area (Å²) in [5.74, 6) is 1.07. The van der Waals surface area contributed by atoms with Gasteiger partial charge in [-0.05, 0) is 36.2 Å². The summed E-state index contributed by atoms with van der Waals surface area (Å²) in [5, 5.41) is 5.75. The van der Waals surface area contributed by atoms with Gasteiger partial charge in [0.1, 0.15) is 11.8 Å². The second-order valence-corrected chi connectivity index (χ2v) is 7.38. The Hall–Kier alpha value is -3.31. The van der Waals surface area contributed by atoms with E-state index < -0.39 is 6.04 Å². The van der Waals surface area contributed by atoms with Crippen molar-refractivity contribution in [3.63, 3.8) is 0 Å². The van der Waals surface area contributed by atoms with Crippen molar-refractivity contribution in [1.29, 1.82) is 0 Å². The third kappa shape index (κ3) is 7.15. The van der Waals surface area contributed by atoms with E-state index in [2.05, 4.69) is 10.6 Å². The molecule has 0 aliphatic carbocycles. The van der Waals surface area contributed by atoms with E-state index in [4.69, 9.17) is 16.3 Å². The highest BCUT2D eigenvalue weighted by molar-refractivity contribution is 6.17. The molecule has 6 heteroatoms. The number of carbonyl (C=O) groups is 2. The Morgan fingerprint density at radius 3 is 2.23 bits per heavy atom. The van der Waals surface area contributed by atoms with Crippen LogP contribution >= 0.6 is 11.6 Å². The first-order chi connectivity index (χ1) is 15.2. The molecular weight excluding hydrogens is 412 g/mol. The Morgan fingerprint density at radius 2 is 1.52 bits per heavy atom. The molecule has 0 aliphatic heterocycles. The summed E-state index contributed by atoms with van der Waals surface area (Å²) < 4.78 is 5.93. The van der Waals surface area contributed by atoms with Crippen LogP contribution in [0.3, 0.4) is 0 Å². The Bertz CT molecular complexity index is 980. The molecule has 0 spiro atoms. The zero-order chi connectivity index (χ0) is 21.9. The molecule has 0 aliphatic rings. The van der Waals surface area contributed by atoms with E-state index in [1.165, 1.54) is 0 Å². The van der Waals surface area contributed by atoms with E-state index >= 15 is 0 Å². The highest BCUT2D eigenvalue weighted by Crippen LogP contribution is 2.29. The van der Waals surface area contributed by atoms with E-state index in [-0.39, 0.29) is 18.2 Å². The van der Waals surface area contributed by atoms with Crippen LogP contribution in [0.25, 0.3) is 0 Å². The van der Waals surface area contributed by atoms with Gasteiger partial charge in [-0.25, -0.2) is 0 Å². The first-order valence-electron chi connectivity index (χ1n) is 10.2. The van der Waals surface area contributed by atoms with E-state index in [9.17, 15) is 9.59 Å². The molecule has 0 aromatic heterocycles. The number of benzene rings is 3. The van der Waals surface area contributed by atoms with E-state index in [1.807, 2.05) is 72.8 Å². The second-order valence-electron chi connectivity index (χ2n) is 7.00. The molecule has 3 aromatic carbocycles. The summed E-state index contributed by atoms with van der Waals surface area (Å²) in [6.07, 6.45) is 1.21. The number of hydrogen-bond donors (Lipinski definition) is 2. The highest BCUT2D eigenvalue weighted by atomic mass is 35.5. The molecule has 31 heavy (non-hydrogen) atoms. The van der Waals surface area contributed by atoms with Crippen LogP contribution in [0.4, 0.5) is 5.69 Å². The monoisotopic (exact) mass is 436 g/mol. The van der Waals surface area contributed by atoms with Crippen molar-refractivity contribution in [3.05, 3.63) is 90.5 Å². The predicted molar refractivity (Wildman–Crippen MR) is 124 cm³/mol. The fourth-order valence-electron chi connectivity index (χ4n) is 3.05. The quantitative estimate of drug-likeness (QED) is 0.431. The van der Waals surface area contributed by atoms with Crippen molar-refractivity contribution >= 4 is 29.1 Å². The lowest BCUT2D eigenvalue weighted by molar-refractivity contribution is -0.126. The van der Waals surface area contributed by atoms with Gasteiger partial charge in [0.25, 0.3) is 0 Å². The lowest BCUT2D eigenvalue weighted by atomic mass is 10.0. The van der Waals surface area contributed by atoms with Gasteiger partial charge < -0.3 is 15.4 Å². The third-order valence-corrected chi connectivity index (χ3v) is 4.86. The lowest BCUT2D eigenvalue weighted by Crippen LogP contribution is -2.45. The first kappa shape index (κ1) is 22.4. The standard InChI is InChI=1S/C25H25ClN2O3/c26-17-9-16-24(29)27-22(18-19-10-3-1-4-11-19)25(30)28-21-14-7-8-15-23(21)31-20-12-5-2-6-13-20/h1-8,10-15,22H,9,16-18H2,(H,27,29)(H,28,30). The fourth-order valence-corrected chi connectivity index (χ4v) is 3.18. The van der Waals surface area contributed by atoms with Gasteiger partial charge in [0, 0.05) is 18.7 Å². The number of nitrogens with one attached hydrogen (secondary N) is 2. The molecule has 5 nitrogen and oxygen atoms in total. The van der Waals surface area contributed by atoms with Gasteiger partial charge in [-0.2, -0.15) is 0 Å². The number of rotatable bonds is 10. The number of alkyl halides is 1. The number of anilines is 1. The highest BCUT2D eigenvalue weighted by Gasteiger charge is 2.22. The summed E-state index contributed by atoms with van der Waals surface area (Å²) in [4.78, 5) is 25.4. The summed E-state index contributed by atoms with van der Waals surface area (Å²) >= 11 is 5.69. The van der Waals surface area contributed by atoms with Gasteiger partial charge >= 0.3 is 0 Å². The summed E-state index contributed by atoms with van der Waals surface area (Å²) in [6, 6.07) is 25.4. The number of halogens is 1. The molecule has 3 rings (SSSR count). The van der Waals surface area contributed by atoms with Crippen LogP contribution < -0.4 is 15.4 Å². The Kier molecular flexibility index (Phi) is 8.49. The number of carbonyl (C=O) groups excluding carboxylic acids is 2. The maximum Gasteiger partial charge on any atom is 0.247 e. The van der Waals surface area contributed by atoms with Gasteiger partial charge in [-0.15, -0.1) is 11.6 Å². The van der Waals surface area contributed by atoms with Crippen LogP contribution in [0.2, 0.25) is 0 Å². The van der Waals surface area contributed by atoms with Crippen LogP contribution in [0.15, 0.2) is 84.9 Å². The molecule has 2 amide bonds. The molecule has 160 valence electrons. The summed E-state index contributed by atoms with van der Waals surface area (Å²) in [5.41, 5.74) is 1.48. The van der Waals surface area contributed by atoms with Crippen LogP contribution in [-0.2, 0) is 16.0 Å². The summed E-state index contributed by atoms with van der Waals surface area (Å²) in [6.45, 7) is 0. The number of ether oxygens (including phenoxy) is 1. The van der Waals surface area contributed by atoms with Gasteiger partial charge in [0.05, 0.1) is 5.69 Å². The topological polar surface area (TPSA) is 67.4 Å². The summed E-state index contributed by atoms with van der Waals surface area (Å²) in [7, 11) is 0. The van der Waals surface area contributed by atoms with Crippen molar-refractivity contribution in [3.8, 4) is 11.5 Å². The van der Waals surface area contributed by atoms with Crippen molar-refractivity contribution < 1.29 is 14.3 Å². The number of hydrogen-bond acceptors (Lipinski definition) is 3. The smallest absolute Gasteiger partial charge is 0.247 e. The zero-order valence-corrected chi connectivity index (χ0v) is 17.8. The molecule has 0 bridgehead atoms. The van der Waals surface area contributed by atoms with Gasteiger partial charge in [-0.3, -0.25) is 9.59 Å². The van der Waals surface area contributed by atoms with Gasteiger partial charge in [0.2, 0.25) is 11.8 Å². The van der Waals surface area contributed by atoms with Crippen LogP contribution in [-0.4, -0.2) is 23.7 Å². The van der Waals surface area contributed by atoms with Crippen molar-refractivity contribution in [1.82, 2.24) is 5.32 Å². The Morgan fingerprint density at radius 1 is 0.871 bits per heavy atom. The molecule has 0 saturated heterocycles. The molecule has 1 atom stereocenters. The number of amides is 2. The third-order valence-electron chi connectivity index (χ3n) is 4.59. The van der Waals surface area contributed by atoms with E-state index in [1.54, 1.807) is 12.1 Å². The molecule has 0 fully saturated rings. The molecule has 0 radical (unpaired) electrons. The SMILES string of the molecule is O=C(CCCCl)NC(Cc1ccccc1)C(=O)Nc1ccccc1Oc1ccccc1. The van der Waals surface area contributed by atoms with Crippen molar-refractivity contribution in [2.75, 3.05) is 11.2 Å². The molecule has 0 heterocycles. The minimum atomic E-state index is -0.727. The first-order valence-corrected chi connectivity index (χ1v) is 10.7. The van der Waals surface area contributed by atoms with Crippen molar-refractivity contribution in [2.24, 2.45) is 0 Å². The minimum absolute atomic E-state index is 0.203. The lowest BCUT2D eigenvalue weighted by Gasteiger charge is -2.20. The predicted octanol–water partition coefficient (Wildman–Crippen LogP) is 5.16. The maximum atomic E-state index is 13.1.